The predicted molar refractivity (Wildman–Crippen MR) is 132 cm³/mol. The van der Waals surface area contributed by atoms with Crippen LogP contribution in [0.15, 0.2) is 42.5 Å². The van der Waals surface area contributed by atoms with Crippen molar-refractivity contribution >= 4 is 33.2 Å². The van der Waals surface area contributed by atoms with E-state index in [1.807, 2.05) is 19.1 Å². The third kappa shape index (κ3) is 6.93. The molecule has 1 atom stereocenters. The molecule has 0 saturated carbocycles. The molecule has 2 aromatic carbocycles. The van der Waals surface area contributed by atoms with E-state index in [1.165, 1.54) is 5.56 Å². The number of carbonyl (C=O) groups excluding carboxylic acids is 1. The molecule has 1 fully saturated rings. The number of amides is 1. The molecule has 1 aliphatic heterocycles. The van der Waals surface area contributed by atoms with Crippen LogP contribution in [0.4, 0.5) is 5.69 Å². The zero-order valence-corrected chi connectivity index (χ0v) is 21.0. The Bertz CT molecular complexity index is 1050. The Kier molecular flexibility index (Phi) is 8.75. The van der Waals surface area contributed by atoms with Crippen LogP contribution in [-0.4, -0.2) is 57.8 Å². The average molecular weight is 494 g/mol. The molecule has 0 spiro atoms. The van der Waals surface area contributed by atoms with Gasteiger partial charge in [-0.1, -0.05) is 48.9 Å². The van der Waals surface area contributed by atoms with Crippen molar-refractivity contribution in [2.75, 3.05) is 36.9 Å². The molecule has 1 aliphatic rings. The molecule has 1 saturated heterocycles. The summed E-state index contributed by atoms with van der Waals surface area (Å²) in [6.45, 7) is 8.21. The Morgan fingerprint density at radius 1 is 1.15 bits per heavy atom. The van der Waals surface area contributed by atoms with Gasteiger partial charge in [0, 0.05) is 31.2 Å². The van der Waals surface area contributed by atoms with Gasteiger partial charge in [0.05, 0.1) is 25.2 Å². The third-order valence-corrected chi connectivity index (χ3v) is 7.33. The summed E-state index contributed by atoms with van der Waals surface area (Å²) in [4.78, 5) is 15.4. The SMILES string of the molecule is CCC(C(=O)NCc1ccc(CN2CCOCC2)cc1)N(c1ccc(C)c(Cl)c1)S(C)(=O)=O. The molecular formula is C24H32ClN3O4S. The molecule has 1 amide bonds. The number of carbonyl (C=O) groups is 1. The highest BCUT2D eigenvalue weighted by molar-refractivity contribution is 7.92. The van der Waals surface area contributed by atoms with E-state index in [0.29, 0.717) is 23.7 Å². The van der Waals surface area contributed by atoms with E-state index in [9.17, 15) is 13.2 Å². The number of benzene rings is 2. The number of halogens is 1. The lowest BCUT2D eigenvalue weighted by Gasteiger charge is -2.30. The van der Waals surface area contributed by atoms with Gasteiger partial charge in [0.15, 0.2) is 0 Å². The van der Waals surface area contributed by atoms with Gasteiger partial charge >= 0.3 is 0 Å². The fourth-order valence-corrected chi connectivity index (χ4v) is 5.24. The van der Waals surface area contributed by atoms with Crippen LogP contribution < -0.4 is 9.62 Å². The molecule has 33 heavy (non-hydrogen) atoms. The van der Waals surface area contributed by atoms with Crippen molar-refractivity contribution < 1.29 is 17.9 Å². The number of rotatable bonds is 9. The van der Waals surface area contributed by atoms with E-state index in [-0.39, 0.29) is 5.91 Å². The largest absolute Gasteiger partial charge is 0.379 e. The monoisotopic (exact) mass is 493 g/mol. The number of ether oxygens (including phenoxy) is 1. The Balaban J connectivity index is 1.67. The molecule has 2 aromatic rings. The number of sulfonamides is 1. The van der Waals surface area contributed by atoms with Crippen LogP contribution in [-0.2, 0) is 32.6 Å². The van der Waals surface area contributed by atoms with Crippen LogP contribution in [0.5, 0.6) is 0 Å². The maximum absolute atomic E-state index is 13.0. The first kappa shape index (κ1) is 25.5. The van der Waals surface area contributed by atoms with E-state index >= 15 is 0 Å². The number of morpholine rings is 1. The molecule has 1 heterocycles. The van der Waals surface area contributed by atoms with Crippen molar-refractivity contribution in [3.63, 3.8) is 0 Å². The molecule has 3 rings (SSSR count). The average Bonchev–Trinajstić information content (AvgIpc) is 2.78. The number of nitrogens with zero attached hydrogens (tertiary/aromatic N) is 2. The third-order valence-electron chi connectivity index (χ3n) is 5.74. The predicted octanol–water partition coefficient (Wildman–Crippen LogP) is 3.34. The Hall–Kier alpha value is -2.13. The van der Waals surface area contributed by atoms with Gasteiger partial charge in [0.2, 0.25) is 15.9 Å². The molecule has 0 aliphatic carbocycles. The van der Waals surface area contributed by atoms with Gasteiger partial charge in [-0.2, -0.15) is 0 Å². The molecule has 7 nitrogen and oxygen atoms in total. The number of hydrogen-bond donors (Lipinski definition) is 1. The van der Waals surface area contributed by atoms with Gasteiger partial charge in [-0.25, -0.2) is 8.42 Å². The summed E-state index contributed by atoms with van der Waals surface area (Å²) >= 11 is 6.22. The minimum Gasteiger partial charge on any atom is -0.379 e. The van der Waals surface area contributed by atoms with Gasteiger partial charge in [-0.3, -0.25) is 14.0 Å². The van der Waals surface area contributed by atoms with Crippen LogP contribution >= 0.6 is 11.6 Å². The van der Waals surface area contributed by atoms with Gasteiger partial charge in [-0.05, 0) is 42.2 Å². The van der Waals surface area contributed by atoms with Crippen LogP contribution in [0.1, 0.15) is 30.0 Å². The molecule has 0 bridgehead atoms. The molecule has 1 unspecified atom stereocenters. The zero-order chi connectivity index (χ0) is 24.0. The van der Waals surface area contributed by atoms with Gasteiger partial charge in [0.1, 0.15) is 6.04 Å². The Morgan fingerprint density at radius 3 is 2.36 bits per heavy atom. The maximum atomic E-state index is 13.0. The van der Waals surface area contributed by atoms with E-state index in [2.05, 4.69) is 22.3 Å². The first-order valence-electron chi connectivity index (χ1n) is 11.1. The van der Waals surface area contributed by atoms with E-state index in [1.54, 1.807) is 25.1 Å². The smallest absolute Gasteiger partial charge is 0.244 e. The van der Waals surface area contributed by atoms with Crippen LogP contribution in [0.3, 0.4) is 0 Å². The highest BCUT2D eigenvalue weighted by Crippen LogP contribution is 2.27. The molecule has 9 heteroatoms. The second-order valence-corrected chi connectivity index (χ2v) is 10.6. The molecule has 1 N–H and O–H groups in total. The summed E-state index contributed by atoms with van der Waals surface area (Å²) < 4.78 is 31.7. The summed E-state index contributed by atoms with van der Waals surface area (Å²) in [6.07, 6.45) is 1.42. The summed E-state index contributed by atoms with van der Waals surface area (Å²) in [5.74, 6) is -0.350. The normalized spacial score (nSPS) is 15.8. The number of hydrogen-bond acceptors (Lipinski definition) is 5. The van der Waals surface area contributed by atoms with Crippen LogP contribution in [0.2, 0.25) is 5.02 Å². The van der Waals surface area contributed by atoms with Gasteiger partial charge in [-0.15, -0.1) is 0 Å². The lowest BCUT2D eigenvalue weighted by atomic mass is 10.1. The Labute approximate surface area is 201 Å². The van der Waals surface area contributed by atoms with Crippen molar-refractivity contribution in [3.05, 3.63) is 64.2 Å². The Morgan fingerprint density at radius 2 is 1.79 bits per heavy atom. The first-order valence-corrected chi connectivity index (χ1v) is 13.3. The highest BCUT2D eigenvalue weighted by Gasteiger charge is 2.31. The van der Waals surface area contributed by atoms with Crippen molar-refractivity contribution in [2.24, 2.45) is 0 Å². The maximum Gasteiger partial charge on any atom is 0.244 e. The number of aryl methyl sites for hydroxylation is 1. The van der Waals surface area contributed by atoms with Crippen molar-refractivity contribution in [1.29, 1.82) is 0 Å². The lowest BCUT2D eigenvalue weighted by Crippen LogP contribution is -2.49. The van der Waals surface area contributed by atoms with E-state index in [0.717, 1.165) is 54.5 Å². The summed E-state index contributed by atoms with van der Waals surface area (Å²) in [5.41, 5.74) is 3.37. The fraction of sp³-hybridized carbons (Fsp3) is 0.458. The topological polar surface area (TPSA) is 79.0 Å². The second-order valence-electron chi connectivity index (χ2n) is 8.34. The summed E-state index contributed by atoms with van der Waals surface area (Å²) in [7, 11) is -3.71. The first-order chi connectivity index (χ1) is 15.7. The van der Waals surface area contributed by atoms with Crippen LogP contribution in [0, 0.1) is 6.92 Å². The van der Waals surface area contributed by atoms with Crippen molar-refractivity contribution in [1.82, 2.24) is 10.2 Å². The zero-order valence-electron chi connectivity index (χ0n) is 19.4. The van der Waals surface area contributed by atoms with E-state index < -0.39 is 16.1 Å². The molecule has 180 valence electrons. The summed E-state index contributed by atoms with van der Waals surface area (Å²) in [6, 6.07) is 12.2. The van der Waals surface area contributed by atoms with Crippen LogP contribution in [0.25, 0.3) is 0 Å². The minimum atomic E-state index is -3.71. The van der Waals surface area contributed by atoms with Crippen molar-refractivity contribution in [2.45, 2.75) is 39.4 Å². The minimum absolute atomic E-state index is 0.319. The molecule has 0 radical (unpaired) electrons. The van der Waals surface area contributed by atoms with Gasteiger partial charge in [0.25, 0.3) is 0 Å². The second kappa shape index (κ2) is 11.3. The summed E-state index contributed by atoms with van der Waals surface area (Å²) in [5, 5.41) is 3.35. The quantitative estimate of drug-likeness (QED) is 0.579. The lowest BCUT2D eigenvalue weighted by molar-refractivity contribution is -0.122. The fourth-order valence-electron chi connectivity index (χ4n) is 3.87. The number of nitrogens with one attached hydrogen (secondary N) is 1. The molecule has 0 aromatic heterocycles. The number of anilines is 1. The standard InChI is InChI=1S/C24H32ClN3O4S/c1-4-23(28(33(3,30)31)21-10-5-18(2)22(25)15-21)24(29)26-16-19-6-8-20(9-7-19)17-27-11-13-32-14-12-27/h5-10,15,23H,4,11-14,16-17H2,1-3H3,(H,26,29). The van der Waals surface area contributed by atoms with Crippen molar-refractivity contribution in [3.8, 4) is 0 Å². The van der Waals surface area contributed by atoms with E-state index in [4.69, 9.17) is 16.3 Å². The highest BCUT2D eigenvalue weighted by atomic mass is 35.5. The molecular weight excluding hydrogens is 462 g/mol. The van der Waals surface area contributed by atoms with Gasteiger partial charge < -0.3 is 10.1 Å².